The van der Waals surface area contributed by atoms with Crippen LogP contribution in [-0.4, -0.2) is 46.4 Å². The highest BCUT2D eigenvalue weighted by atomic mass is 19.1. The summed E-state index contributed by atoms with van der Waals surface area (Å²) in [6.45, 7) is 6.68. The van der Waals surface area contributed by atoms with Crippen molar-refractivity contribution in [1.29, 1.82) is 0 Å². The molecule has 1 saturated heterocycles. The minimum absolute atomic E-state index is 0.0810. The number of halogens is 1. The number of amides is 2. The lowest BCUT2D eigenvalue weighted by Crippen LogP contribution is -2.41. The number of benzene rings is 2. The predicted molar refractivity (Wildman–Crippen MR) is 138 cm³/mol. The third kappa shape index (κ3) is 5.14. The maximum absolute atomic E-state index is 13.6. The van der Waals surface area contributed by atoms with Gasteiger partial charge in [-0.1, -0.05) is 37.3 Å². The van der Waals surface area contributed by atoms with Crippen molar-refractivity contribution in [3.05, 3.63) is 83.7 Å². The molecule has 2 N–H and O–H groups in total. The molecule has 1 aromatic heterocycles. The molecule has 5 rings (SSSR count). The van der Waals surface area contributed by atoms with Gasteiger partial charge in [0.25, 0.3) is 0 Å². The molecule has 3 aromatic rings. The van der Waals surface area contributed by atoms with Crippen LogP contribution in [-0.2, 0) is 16.9 Å². The van der Waals surface area contributed by atoms with Gasteiger partial charge in [0.05, 0.1) is 11.2 Å². The summed E-state index contributed by atoms with van der Waals surface area (Å²) >= 11 is 0. The van der Waals surface area contributed by atoms with Crippen LogP contribution >= 0.6 is 0 Å². The van der Waals surface area contributed by atoms with Crippen LogP contribution in [0.1, 0.15) is 31.9 Å². The van der Waals surface area contributed by atoms with Crippen LogP contribution in [0.2, 0.25) is 0 Å². The molecule has 1 aliphatic heterocycles. The van der Waals surface area contributed by atoms with Crippen LogP contribution in [0.3, 0.4) is 0 Å². The molecule has 0 radical (unpaired) electrons. The second-order valence-corrected chi connectivity index (χ2v) is 10.7. The van der Waals surface area contributed by atoms with E-state index in [0.717, 1.165) is 11.1 Å². The van der Waals surface area contributed by atoms with Gasteiger partial charge in [0.15, 0.2) is 0 Å². The number of aromatic nitrogens is 1. The van der Waals surface area contributed by atoms with Crippen LogP contribution in [0.25, 0.3) is 11.3 Å². The smallest absolute Gasteiger partial charge is 0.408 e. The Labute approximate surface area is 220 Å². The van der Waals surface area contributed by atoms with Gasteiger partial charge in [-0.25, -0.2) is 19.0 Å². The summed E-state index contributed by atoms with van der Waals surface area (Å²) < 4.78 is 25.3. The highest BCUT2D eigenvalue weighted by molar-refractivity contribution is 5.69. The van der Waals surface area contributed by atoms with E-state index < -0.39 is 17.7 Å². The summed E-state index contributed by atoms with van der Waals surface area (Å²) in [7, 11) is 0. The first kappa shape index (κ1) is 25.5. The van der Waals surface area contributed by atoms with E-state index in [9.17, 15) is 19.1 Å². The SMILES string of the molecule is CC(C)(NC(=O)OCc1ccccc1)c1cc(O[C@H]2[C@@H]3CN(C(=O)O)C[C@@]32C)nc(-c2ccc(F)cc2)c1. The molecule has 0 bridgehead atoms. The molecule has 1 saturated carbocycles. The number of hydrogen-bond acceptors (Lipinski definition) is 5. The van der Waals surface area contributed by atoms with Crippen LogP contribution in [0, 0.1) is 17.2 Å². The molecule has 2 fully saturated rings. The number of nitrogens with one attached hydrogen (secondary N) is 1. The van der Waals surface area contributed by atoms with E-state index in [1.807, 2.05) is 57.2 Å². The lowest BCUT2D eigenvalue weighted by molar-refractivity contribution is 0.128. The Balaban J connectivity index is 1.37. The van der Waals surface area contributed by atoms with E-state index in [2.05, 4.69) is 10.3 Å². The molecule has 3 atom stereocenters. The first-order valence-electron chi connectivity index (χ1n) is 12.5. The molecule has 8 nitrogen and oxygen atoms in total. The largest absolute Gasteiger partial charge is 0.473 e. The van der Waals surface area contributed by atoms with E-state index in [4.69, 9.17) is 9.47 Å². The number of carbonyl (C=O) groups excluding carboxylic acids is 1. The number of pyridine rings is 1. The highest BCUT2D eigenvalue weighted by Crippen LogP contribution is 2.59. The molecule has 2 heterocycles. The maximum atomic E-state index is 13.6. The van der Waals surface area contributed by atoms with Crippen molar-refractivity contribution in [2.24, 2.45) is 11.3 Å². The zero-order valence-corrected chi connectivity index (χ0v) is 21.5. The number of rotatable bonds is 7. The third-order valence-electron chi connectivity index (χ3n) is 7.51. The van der Waals surface area contributed by atoms with Crippen molar-refractivity contribution in [2.45, 2.75) is 39.0 Å². The van der Waals surface area contributed by atoms with Gasteiger partial charge in [-0.2, -0.15) is 0 Å². The van der Waals surface area contributed by atoms with Crippen molar-refractivity contribution in [2.75, 3.05) is 13.1 Å². The number of piperidine rings is 1. The Morgan fingerprint density at radius 2 is 1.87 bits per heavy atom. The van der Waals surface area contributed by atoms with Gasteiger partial charge < -0.3 is 24.8 Å². The molecule has 2 aromatic carbocycles. The number of nitrogens with zero attached hydrogens (tertiary/aromatic N) is 2. The number of alkyl carbamates (subject to hydrolysis) is 1. The fourth-order valence-electron chi connectivity index (χ4n) is 5.11. The lowest BCUT2D eigenvalue weighted by atomic mass is 9.93. The molecular weight excluding hydrogens is 489 g/mol. The molecule has 1 aliphatic carbocycles. The molecular formula is C29H30FN3O5. The average Bonchev–Trinajstić information content (AvgIpc) is 3.22. The van der Waals surface area contributed by atoms with Crippen LogP contribution < -0.4 is 10.1 Å². The summed E-state index contributed by atoms with van der Waals surface area (Å²) in [5, 5.41) is 12.2. The average molecular weight is 520 g/mol. The van der Waals surface area contributed by atoms with E-state index in [-0.39, 0.29) is 29.9 Å². The second kappa shape index (κ2) is 9.63. The molecule has 2 amide bonds. The molecule has 0 unspecified atom stereocenters. The van der Waals surface area contributed by atoms with Crippen molar-refractivity contribution in [1.82, 2.24) is 15.2 Å². The normalized spacial score (nSPS) is 21.9. The number of fused-ring (bicyclic) bond motifs is 1. The molecule has 9 heteroatoms. The van der Waals surface area contributed by atoms with Crippen molar-refractivity contribution in [3.8, 4) is 17.1 Å². The zero-order valence-electron chi connectivity index (χ0n) is 21.5. The van der Waals surface area contributed by atoms with Gasteiger partial charge in [-0.05, 0) is 55.3 Å². The van der Waals surface area contributed by atoms with Gasteiger partial charge >= 0.3 is 12.2 Å². The predicted octanol–water partition coefficient (Wildman–Crippen LogP) is 5.43. The third-order valence-corrected chi connectivity index (χ3v) is 7.51. The number of likely N-dealkylation sites (tertiary alicyclic amines) is 1. The standard InChI is InChI=1S/C29H30FN3O5/c1-28(2,32-26(34)37-16-18-7-5-4-6-8-18)20-13-23(19-9-11-21(30)12-10-19)31-24(14-20)38-25-22-15-33(27(35)36)17-29(22,25)3/h4-14,22,25H,15-17H2,1-3H3,(H,32,34)(H,35,36)/t22-,25-,29-/m0/s1. The van der Waals surface area contributed by atoms with Crippen LogP contribution in [0.15, 0.2) is 66.7 Å². The van der Waals surface area contributed by atoms with Gasteiger partial charge in [-0.3, -0.25) is 0 Å². The second-order valence-electron chi connectivity index (χ2n) is 10.7. The maximum Gasteiger partial charge on any atom is 0.408 e. The lowest BCUT2D eigenvalue weighted by Gasteiger charge is -2.27. The van der Waals surface area contributed by atoms with Gasteiger partial charge in [0, 0.05) is 36.1 Å². The Bertz CT molecular complexity index is 1350. The highest BCUT2D eigenvalue weighted by Gasteiger charge is 2.69. The van der Waals surface area contributed by atoms with Crippen molar-refractivity contribution < 1.29 is 28.6 Å². The summed E-state index contributed by atoms with van der Waals surface area (Å²) in [5.74, 6) is 0.0838. The summed E-state index contributed by atoms with van der Waals surface area (Å²) in [6.07, 6.45) is -1.67. The van der Waals surface area contributed by atoms with Crippen molar-refractivity contribution in [3.63, 3.8) is 0 Å². The van der Waals surface area contributed by atoms with Gasteiger partial charge in [0.1, 0.15) is 18.5 Å². The Kier molecular flexibility index (Phi) is 6.46. The van der Waals surface area contributed by atoms with Gasteiger partial charge in [0.2, 0.25) is 5.88 Å². The Hall–Kier alpha value is -4.14. The van der Waals surface area contributed by atoms with E-state index in [1.54, 1.807) is 18.2 Å². The molecule has 198 valence electrons. The van der Waals surface area contributed by atoms with Gasteiger partial charge in [-0.15, -0.1) is 0 Å². The summed E-state index contributed by atoms with van der Waals surface area (Å²) in [5.41, 5.74) is 1.73. The summed E-state index contributed by atoms with van der Waals surface area (Å²) in [6, 6.07) is 19.0. The first-order valence-corrected chi connectivity index (χ1v) is 12.5. The minimum Gasteiger partial charge on any atom is -0.473 e. The van der Waals surface area contributed by atoms with Crippen molar-refractivity contribution >= 4 is 12.2 Å². The van der Waals surface area contributed by atoms with E-state index >= 15 is 0 Å². The molecule has 0 spiro atoms. The number of ether oxygens (including phenoxy) is 2. The quantitative estimate of drug-likeness (QED) is 0.432. The Morgan fingerprint density at radius 1 is 1.16 bits per heavy atom. The number of carboxylic acid groups (broad SMARTS) is 1. The summed E-state index contributed by atoms with van der Waals surface area (Å²) in [4.78, 5) is 30.1. The topological polar surface area (TPSA) is 101 Å². The molecule has 2 aliphatic rings. The number of carbonyl (C=O) groups is 2. The fourth-order valence-corrected chi connectivity index (χ4v) is 5.11. The zero-order chi connectivity index (χ0) is 27.1. The molecule has 38 heavy (non-hydrogen) atoms. The minimum atomic E-state index is -0.928. The van der Waals surface area contributed by atoms with E-state index in [0.29, 0.717) is 30.2 Å². The first-order chi connectivity index (χ1) is 18.0. The van der Waals surface area contributed by atoms with E-state index in [1.165, 1.54) is 17.0 Å². The Morgan fingerprint density at radius 3 is 2.50 bits per heavy atom. The number of hydrogen-bond donors (Lipinski definition) is 2. The fraction of sp³-hybridized carbons (Fsp3) is 0.345. The monoisotopic (exact) mass is 519 g/mol. The van der Waals surface area contributed by atoms with Crippen LogP contribution in [0.5, 0.6) is 5.88 Å². The van der Waals surface area contributed by atoms with Crippen LogP contribution in [0.4, 0.5) is 14.0 Å².